The third kappa shape index (κ3) is 3.26. The van der Waals surface area contributed by atoms with Crippen molar-refractivity contribution < 1.29 is 9.90 Å². The lowest BCUT2D eigenvalue weighted by Crippen LogP contribution is -2.44. The highest BCUT2D eigenvalue weighted by atomic mass is 16.4. The lowest BCUT2D eigenvalue weighted by atomic mass is 9.81. The highest BCUT2D eigenvalue weighted by Gasteiger charge is 2.42. The van der Waals surface area contributed by atoms with Crippen LogP contribution in [0.1, 0.15) is 22.3 Å². The molecule has 3 nitrogen and oxygen atoms in total. The van der Waals surface area contributed by atoms with Gasteiger partial charge in [0.05, 0.1) is 0 Å². The van der Waals surface area contributed by atoms with Gasteiger partial charge in [0, 0.05) is 5.69 Å². The van der Waals surface area contributed by atoms with Crippen molar-refractivity contribution in [2.45, 2.75) is 19.4 Å². The highest BCUT2D eigenvalue weighted by molar-refractivity contribution is 5.89. The van der Waals surface area contributed by atoms with E-state index in [0.29, 0.717) is 11.1 Å². The van der Waals surface area contributed by atoms with E-state index < -0.39 is 11.5 Å². The minimum Gasteiger partial charge on any atom is -0.479 e. The summed E-state index contributed by atoms with van der Waals surface area (Å²) in [6.07, 6.45) is 0. The molecule has 126 valence electrons. The molecule has 0 spiro atoms. The van der Waals surface area contributed by atoms with Crippen LogP contribution in [0.5, 0.6) is 0 Å². The lowest BCUT2D eigenvalue weighted by molar-refractivity contribution is -0.141. The van der Waals surface area contributed by atoms with Gasteiger partial charge in [-0.15, -0.1) is 0 Å². The van der Waals surface area contributed by atoms with Gasteiger partial charge in [-0.2, -0.15) is 0 Å². The van der Waals surface area contributed by atoms with Gasteiger partial charge >= 0.3 is 5.97 Å². The van der Waals surface area contributed by atoms with Crippen LogP contribution in [0.3, 0.4) is 0 Å². The first-order chi connectivity index (χ1) is 12.0. The molecule has 0 fully saturated rings. The van der Waals surface area contributed by atoms with Crippen molar-refractivity contribution in [3.05, 3.63) is 101 Å². The van der Waals surface area contributed by atoms with Crippen LogP contribution in [0.4, 0.5) is 5.69 Å². The zero-order valence-electron chi connectivity index (χ0n) is 14.4. The molecule has 25 heavy (non-hydrogen) atoms. The van der Waals surface area contributed by atoms with Crippen LogP contribution in [-0.2, 0) is 10.3 Å². The summed E-state index contributed by atoms with van der Waals surface area (Å²) in [5.74, 6) is -0.941. The fraction of sp³-hybridized carbons (Fsp3) is 0.136. The second kappa shape index (κ2) is 6.81. The molecule has 0 heterocycles. The van der Waals surface area contributed by atoms with Crippen LogP contribution >= 0.6 is 0 Å². The summed E-state index contributed by atoms with van der Waals surface area (Å²) in [7, 11) is 0. The van der Waals surface area contributed by atoms with E-state index >= 15 is 0 Å². The average molecular weight is 331 g/mol. The number of anilines is 1. The number of nitrogens with one attached hydrogen (secondary N) is 1. The number of aliphatic carboxylic acids is 1. The summed E-state index contributed by atoms with van der Waals surface area (Å²) in [4.78, 5) is 12.5. The Morgan fingerprint density at radius 2 is 1.20 bits per heavy atom. The second-order valence-corrected chi connectivity index (χ2v) is 6.28. The standard InChI is InChI=1S/C22H21NO2/c1-16-8-12-18(13-9-16)22(21(24)25,19-14-10-17(2)11-15-19)23-20-6-4-3-5-7-20/h3-15,23H,1-2H3,(H,24,25). The Balaban J connectivity index is 2.22. The third-order valence-corrected chi connectivity index (χ3v) is 4.40. The molecule has 3 rings (SSSR count). The molecule has 2 N–H and O–H groups in total. The smallest absolute Gasteiger partial charge is 0.338 e. The van der Waals surface area contributed by atoms with Crippen LogP contribution in [-0.4, -0.2) is 11.1 Å². The minimum absolute atomic E-state index is 0.693. The van der Waals surface area contributed by atoms with Crippen molar-refractivity contribution in [3.8, 4) is 0 Å². The molecule has 0 aliphatic carbocycles. The zero-order chi connectivity index (χ0) is 17.9. The Bertz CT molecular complexity index is 807. The molecule has 3 aromatic rings. The SMILES string of the molecule is Cc1ccc(C(Nc2ccccc2)(C(=O)O)c2ccc(C)cc2)cc1. The van der Waals surface area contributed by atoms with Crippen LogP contribution in [0, 0.1) is 13.8 Å². The summed E-state index contributed by atoms with van der Waals surface area (Å²) < 4.78 is 0. The first-order valence-corrected chi connectivity index (χ1v) is 8.23. The summed E-state index contributed by atoms with van der Waals surface area (Å²) in [5.41, 5.74) is 2.96. The predicted molar refractivity (Wildman–Crippen MR) is 101 cm³/mol. The molecule has 0 atom stereocenters. The highest BCUT2D eigenvalue weighted by Crippen LogP contribution is 2.34. The Kier molecular flexibility index (Phi) is 4.57. The molecular formula is C22H21NO2. The van der Waals surface area contributed by atoms with Gasteiger partial charge in [0.2, 0.25) is 0 Å². The average Bonchev–Trinajstić information content (AvgIpc) is 2.62. The molecule has 3 heteroatoms. The van der Waals surface area contributed by atoms with Crippen molar-refractivity contribution >= 4 is 11.7 Å². The Hall–Kier alpha value is -3.07. The third-order valence-electron chi connectivity index (χ3n) is 4.40. The van der Waals surface area contributed by atoms with E-state index in [1.807, 2.05) is 92.7 Å². The minimum atomic E-state index is -1.36. The quantitative estimate of drug-likeness (QED) is 0.710. The fourth-order valence-corrected chi connectivity index (χ4v) is 2.96. The molecule has 0 saturated carbocycles. The van der Waals surface area contributed by atoms with E-state index in [0.717, 1.165) is 16.8 Å². The van der Waals surface area contributed by atoms with Crippen LogP contribution in [0.15, 0.2) is 78.9 Å². The number of hydrogen-bond donors (Lipinski definition) is 2. The summed E-state index contributed by atoms with van der Waals surface area (Å²) in [6, 6.07) is 24.7. The Morgan fingerprint density at radius 1 is 0.760 bits per heavy atom. The zero-order valence-corrected chi connectivity index (χ0v) is 14.4. The fourth-order valence-electron chi connectivity index (χ4n) is 2.96. The maximum atomic E-state index is 12.5. The van der Waals surface area contributed by atoms with Gasteiger partial charge in [-0.1, -0.05) is 77.9 Å². The van der Waals surface area contributed by atoms with Gasteiger partial charge in [0.25, 0.3) is 0 Å². The number of benzene rings is 3. The van der Waals surface area contributed by atoms with Crippen molar-refractivity contribution in [3.63, 3.8) is 0 Å². The summed E-state index contributed by atoms with van der Waals surface area (Å²) in [6.45, 7) is 3.98. The van der Waals surface area contributed by atoms with Crippen LogP contribution < -0.4 is 5.32 Å². The number of rotatable bonds is 5. The van der Waals surface area contributed by atoms with Crippen LogP contribution in [0.2, 0.25) is 0 Å². The maximum absolute atomic E-state index is 12.5. The second-order valence-electron chi connectivity index (χ2n) is 6.28. The Morgan fingerprint density at radius 3 is 1.60 bits per heavy atom. The summed E-state index contributed by atoms with van der Waals surface area (Å²) >= 11 is 0. The molecule has 0 aromatic heterocycles. The predicted octanol–water partition coefficient (Wildman–Crippen LogP) is 4.74. The first-order valence-electron chi connectivity index (χ1n) is 8.23. The van der Waals surface area contributed by atoms with E-state index in [-0.39, 0.29) is 0 Å². The number of hydrogen-bond acceptors (Lipinski definition) is 2. The van der Waals surface area contributed by atoms with E-state index in [2.05, 4.69) is 5.32 Å². The van der Waals surface area contributed by atoms with Gasteiger partial charge in [0.15, 0.2) is 5.54 Å². The molecule has 0 aliphatic heterocycles. The lowest BCUT2D eigenvalue weighted by Gasteiger charge is -2.33. The number of carboxylic acids is 1. The monoisotopic (exact) mass is 331 g/mol. The molecule has 0 saturated heterocycles. The molecule has 0 bridgehead atoms. The number of para-hydroxylation sites is 1. The van der Waals surface area contributed by atoms with Gasteiger partial charge in [-0.3, -0.25) is 0 Å². The van der Waals surface area contributed by atoms with Gasteiger partial charge in [0.1, 0.15) is 0 Å². The van der Waals surface area contributed by atoms with E-state index in [1.165, 1.54) is 0 Å². The van der Waals surface area contributed by atoms with Crippen molar-refractivity contribution in [2.24, 2.45) is 0 Å². The molecule has 0 amide bonds. The van der Waals surface area contributed by atoms with Gasteiger partial charge < -0.3 is 10.4 Å². The van der Waals surface area contributed by atoms with Crippen molar-refractivity contribution in [1.82, 2.24) is 0 Å². The molecule has 0 aliphatic rings. The molecule has 3 aromatic carbocycles. The molecule has 0 radical (unpaired) electrons. The Labute approximate surface area is 148 Å². The van der Waals surface area contributed by atoms with Gasteiger partial charge in [-0.05, 0) is 37.1 Å². The van der Waals surface area contributed by atoms with Crippen molar-refractivity contribution in [2.75, 3.05) is 5.32 Å². The largest absolute Gasteiger partial charge is 0.479 e. The number of carbonyl (C=O) groups is 1. The van der Waals surface area contributed by atoms with Crippen molar-refractivity contribution in [1.29, 1.82) is 0 Å². The normalized spacial score (nSPS) is 11.1. The first kappa shape index (κ1) is 16.8. The molecule has 0 unspecified atom stereocenters. The van der Waals surface area contributed by atoms with E-state index in [1.54, 1.807) is 0 Å². The number of aryl methyl sites for hydroxylation is 2. The van der Waals surface area contributed by atoms with E-state index in [9.17, 15) is 9.90 Å². The van der Waals surface area contributed by atoms with Gasteiger partial charge in [-0.25, -0.2) is 4.79 Å². The van der Waals surface area contributed by atoms with Crippen LogP contribution in [0.25, 0.3) is 0 Å². The van der Waals surface area contributed by atoms with E-state index in [4.69, 9.17) is 0 Å². The number of carboxylic acid groups (broad SMARTS) is 1. The topological polar surface area (TPSA) is 49.3 Å². The summed E-state index contributed by atoms with van der Waals surface area (Å²) in [5, 5.41) is 13.5. The molecular weight excluding hydrogens is 310 g/mol. The maximum Gasteiger partial charge on any atom is 0.338 e.